The van der Waals surface area contributed by atoms with Crippen LogP contribution in [0.5, 0.6) is 5.75 Å². The van der Waals surface area contributed by atoms with E-state index in [4.69, 9.17) is 16.3 Å². The van der Waals surface area contributed by atoms with Gasteiger partial charge in [-0.25, -0.2) is 8.42 Å². The van der Waals surface area contributed by atoms with Crippen molar-refractivity contribution in [2.24, 2.45) is 0 Å². The Morgan fingerprint density at radius 1 is 0.915 bits per heavy atom. The van der Waals surface area contributed by atoms with E-state index in [1.807, 2.05) is 75.4 Å². The maximum absolute atomic E-state index is 14.6. The molecule has 0 heterocycles. The van der Waals surface area contributed by atoms with Crippen molar-refractivity contribution in [3.05, 3.63) is 124 Å². The van der Waals surface area contributed by atoms with Gasteiger partial charge in [-0.1, -0.05) is 97.2 Å². The number of carbonyl (C=O) groups excluding carboxylic acids is 2. The number of ether oxygens (including phenoxy) is 1. The van der Waals surface area contributed by atoms with Crippen LogP contribution >= 0.6 is 11.6 Å². The number of halogens is 1. The molecule has 0 aliphatic carbocycles. The van der Waals surface area contributed by atoms with Gasteiger partial charge in [-0.15, -0.1) is 0 Å². The predicted molar refractivity (Wildman–Crippen MR) is 187 cm³/mol. The number of amides is 2. The lowest BCUT2D eigenvalue weighted by atomic mass is 10.0. The van der Waals surface area contributed by atoms with E-state index in [1.165, 1.54) is 30.2 Å². The minimum Gasteiger partial charge on any atom is -0.495 e. The van der Waals surface area contributed by atoms with E-state index in [-0.39, 0.29) is 34.5 Å². The van der Waals surface area contributed by atoms with Crippen LogP contribution in [0.1, 0.15) is 42.0 Å². The van der Waals surface area contributed by atoms with Gasteiger partial charge >= 0.3 is 0 Å². The van der Waals surface area contributed by atoms with Gasteiger partial charge in [-0.3, -0.25) is 13.9 Å². The highest BCUT2D eigenvalue weighted by atomic mass is 35.5. The van der Waals surface area contributed by atoms with E-state index < -0.39 is 28.5 Å². The molecule has 0 unspecified atom stereocenters. The lowest BCUT2D eigenvalue weighted by molar-refractivity contribution is -0.140. The van der Waals surface area contributed by atoms with Crippen molar-refractivity contribution in [2.45, 2.75) is 57.5 Å². The number of aryl methyl sites for hydroxylation is 2. The van der Waals surface area contributed by atoms with E-state index >= 15 is 0 Å². The number of benzene rings is 4. The summed E-state index contributed by atoms with van der Waals surface area (Å²) in [6, 6.07) is 27.2. The third kappa shape index (κ3) is 9.14. The summed E-state index contributed by atoms with van der Waals surface area (Å²) in [6.45, 7) is 5.84. The standard InChI is InChI=1S/C37H42ClN3O5S/c1-5-6-22-39-37(43)34(23-29-13-8-7-9-14-29)40(25-30-15-11-10-12-28(30)3)36(42)26-41(31-18-21-35(46-4)33(38)24-31)47(44,45)32-19-16-27(2)17-20-32/h7-21,24,34H,5-6,22-23,25-26H2,1-4H3,(H,39,43)/t34-/m1/s1. The molecule has 4 rings (SSSR count). The van der Waals surface area contributed by atoms with Gasteiger partial charge in [0.1, 0.15) is 18.3 Å². The van der Waals surface area contributed by atoms with Crippen LogP contribution in [0.25, 0.3) is 0 Å². The second-order valence-electron chi connectivity index (χ2n) is 11.4. The zero-order valence-corrected chi connectivity index (χ0v) is 28.9. The fraction of sp³-hybridized carbons (Fsp3) is 0.297. The van der Waals surface area contributed by atoms with Crippen molar-refractivity contribution < 1.29 is 22.7 Å². The van der Waals surface area contributed by atoms with Crippen LogP contribution in [0, 0.1) is 13.8 Å². The molecule has 0 aliphatic rings. The third-order valence-electron chi connectivity index (χ3n) is 8.01. The van der Waals surface area contributed by atoms with E-state index in [9.17, 15) is 18.0 Å². The number of nitrogens with zero attached hydrogens (tertiary/aromatic N) is 2. The first-order valence-electron chi connectivity index (χ1n) is 15.6. The number of sulfonamides is 1. The minimum atomic E-state index is -4.25. The van der Waals surface area contributed by atoms with Crippen LogP contribution in [0.4, 0.5) is 5.69 Å². The van der Waals surface area contributed by atoms with E-state index in [0.717, 1.165) is 39.4 Å². The topological polar surface area (TPSA) is 96.0 Å². The zero-order chi connectivity index (χ0) is 34.0. The SMILES string of the molecule is CCCCNC(=O)[C@@H](Cc1ccccc1)N(Cc1ccccc1C)C(=O)CN(c1ccc(OC)c(Cl)c1)S(=O)(=O)c1ccc(C)cc1. The number of hydrogen-bond donors (Lipinski definition) is 1. The van der Waals surface area contributed by atoms with Crippen LogP contribution in [0.2, 0.25) is 5.02 Å². The lowest BCUT2D eigenvalue weighted by Gasteiger charge is -2.34. The van der Waals surface area contributed by atoms with Crippen molar-refractivity contribution in [1.29, 1.82) is 0 Å². The van der Waals surface area contributed by atoms with Gasteiger partial charge in [0.2, 0.25) is 11.8 Å². The Labute approximate surface area is 283 Å². The zero-order valence-electron chi connectivity index (χ0n) is 27.3. The Morgan fingerprint density at radius 2 is 1.60 bits per heavy atom. The van der Waals surface area contributed by atoms with Gasteiger partial charge in [0.25, 0.3) is 10.0 Å². The van der Waals surface area contributed by atoms with Gasteiger partial charge in [-0.05, 0) is 67.3 Å². The molecular weight excluding hydrogens is 634 g/mol. The number of hydrogen-bond acceptors (Lipinski definition) is 5. The smallest absolute Gasteiger partial charge is 0.264 e. The van der Waals surface area contributed by atoms with E-state index in [1.54, 1.807) is 24.3 Å². The number of rotatable bonds is 15. The first-order chi connectivity index (χ1) is 22.5. The predicted octanol–water partition coefficient (Wildman–Crippen LogP) is 6.72. The van der Waals surface area contributed by atoms with Gasteiger partial charge in [0, 0.05) is 19.5 Å². The normalized spacial score (nSPS) is 11.9. The third-order valence-corrected chi connectivity index (χ3v) is 10.1. The molecule has 0 aromatic heterocycles. The summed E-state index contributed by atoms with van der Waals surface area (Å²) in [6.07, 6.45) is 1.93. The van der Waals surface area contributed by atoms with Crippen molar-refractivity contribution in [3.63, 3.8) is 0 Å². The van der Waals surface area contributed by atoms with Crippen LogP contribution < -0.4 is 14.4 Å². The number of unbranched alkanes of at least 4 members (excludes halogenated alkanes) is 1. The summed E-state index contributed by atoms with van der Waals surface area (Å²) in [5.41, 5.74) is 3.74. The maximum Gasteiger partial charge on any atom is 0.264 e. The Bertz CT molecular complexity index is 1760. The summed E-state index contributed by atoms with van der Waals surface area (Å²) in [7, 11) is -2.79. The number of anilines is 1. The summed E-state index contributed by atoms with van der Waals surface area (Å²) in [5.74, 6) is -0.477. The first-order valence-corrected chi connectivity index (χ1v) is 17.5. The first kappa shape index (κ1) is 35.5. The average molecular weight is 676 g/mol. The van der Waals surface area contributed by atoms with Crippen LogP contribution in [0.15, 0.2) is 102 Å². The molecule has 0 spiro atoms. The fourth-order valence-corrected chi connectivity index (χ4v) is 6.87. The molecule has 47 heavy (non-hydrogen) atoms. The summed E-state index contributed by atoms with van der Waals surface area (Å²) in [5, 5.41) is 3.20. The Balaban J connectivity index is 1.82. The Morgan fingerprint density at radius 3 is 2.23 bits per heavy atom. The molecule has 0 aliphatic heterocycles. The number of nitrogens with one attached hydrogen (secondary N) is 1. The van der Waals surface area contributed by atoms with Gasteiger partial charge in [0.05, 0.1) is 22.7 Å². The largest absolute Gasteiger partial charge is 0.495 e. The molecule has 0 bridgehead atoms. The molecule has 4 aromatic carbocycles. The minimum absolute atomic E-state index is 0.0199. The molecular formula is C37H42ClN3O5S. The summed E-state index contributed by atoms with van der Waals surface area (Å²) < 4.78 is 34.8. The van der Waals surface area contributed by atoms with Crippen molar-refractivity contribution in [1.82, 2.24) is 10.2 Å². The molecule has 0 saturated heterocycles. The fourth-order valence-electron chi connectivity index (χ4n) is 5.21. The Kier molecular flexibility index (Phi) is 12.4. The summed E-state index contributed by atoms with van der Waals surface area (Å²) in [4.78, 5) is 30.0. The monoisotopic (exact) mass is 675 g/mol. The molecule has 2 amide bonds. The van der Waals surface area contributed by atoms with Crippen LogP contribution in [-0.2, 0) is 32.6 Å². The van der Waals surface area contributed by atoms with Crippen molar-refractivity contribution in [3.8, 4) is 5.75 Å². The van der Waals surface area contributed by atoms with Gasteiger partial charge in [0.15, 0.2) is 0 Å². The van der Waals surface area contributed by atoms with Gasteiger partial charge in [-0.2, -0.15) is 0 Å². The molecule has 248 valence electrons. The van der Waals surface area contributed by atoms with Gasteiger partial charge < -0.3 is 15.0 Å². The number of carbonyl (C=O) groups is 2. The second-order valence-corrected chi connectivity index (χ2v) is 13.7. The molecule has 10 heteroatoms. The Hall–Kier alpha value is -4.34. The molecule has 0 fully saturated rings. The maximum atomic E-state index is 14.6. The number of methoxy groups -OCH3 is 1. The molecule has 1 N–H and O–H groups in total. The quantitative estimate of drug-likeness (QED) is 0.141. The second kappa shape index (κ2) is 16.5. The van der Waals surface area contributed by atoms with Crippen LogP contribution in [0.3, 0.4) is 0 Å². The highest BCUT2D eigenvalue weighted by Crippen LogP contribution is 2.32. The lowest BCUT2D eigenvalue weighted by Crippen LogP contribution is -2.53. The highest BCUT2D eigenvalue weighted by Gasteiger charge is 2.35. The van der Waals surface area contributed by atoms with E-state index in [0.29, 0.717) is 12.3 Å². The molecule has 8 nitrogen and oxygen atoms in total. The van der Waals surface area contributed by atoms with E-state index in [2.05, 4.69) is 5.32 Å². The molecule has 4 aromatic rings. The van der Waals surface area contributed by atoms with Crippen molar-refractivity contribution in [2.75, 3.05) is 24.5 Å². The molecule has 0 radical (unpaired) electrons. The molecule has 0 saturated carbocycles. The average Bonchev–Trinajstić information content (AvgIpc) is 3.06. The molecule has 1 atom stereocenters. The summed E-state index contributed by atoms with van der Waals surface area (Å²) >= 11 is 6.46. The highest BCUT2D eigenvalue weighted by molar-refractivity contribution is 7.92. The van der Waals surface area contributed by atoms with Crippen molar-refractivity contribution >= 4 is 39.1 Å². The van der Waals surface area contributed by atoms with Crippen LogP contribution in [-0.4, -0.2) is 51.4 Å².